The number of hydrogen-bond donors (Lipinski definition) is 1. The van der Waals surface area contributed by atoms with Gasteiger partial charge in [-0.15, -0.1) is 0 Å². The molecule has 2 fully saturated rings. The highest BCUT2D eigenvalue weighted by Gasteiger charge is 2.61. The van der Waals surface area contributed by atoms with E-state index in [0.29, 0.717) is 31.9 Å². The fraction of sp³-hybridized carbons (Fsp3) is 0.480. The number of benzene rings is 1. The van der Waals surface area contributed by atoms with Gasteiger partial charge in [0.15, 0.2) is 0 Å². The van der Waals surface area contributed by atoms with E-state index >= 15 is 0 Å². The number of carbonyl (C=O) groups excluding carboxylic acids is 2. The van der Waals surface area contributed by atoms with Crippen molar-refractivity contribution in [1.29, 1.82) is 0 Å². The van der Waals surface area contributed by atoms with Crippen LogP contribution < -0.4 is 0 Å². The van der Waals surface area contributed by atoms with Gasteiger partial charge in [-0.25, -0.2) is 0 Å². The van der Waals surface area contributed by atoms with Gasteiger partial charge in [-0.3, -0.25) is 14.4 Å². The number of carboxylic acid groups (broad SMARTS) is 1. The predicted molar refractivity (Wildman–Crippen MR) is 119 cm³/mol. The second-order valence-corrected chi connectivity index (χ2v) is 8.81. The zero-order chi connectivity index (χ0) is 23.4. The minimum Gasteiger partial charge on any atom is -0.481 e. The van der Waals surface area contributed by atoms with Gasteiger partial charge in [0.2, 0.25) is 11.8 Å². The van der Waals surface area contributed by atoms with Crippen molar-refractivity contribution >= 4 is 17.8 Å². The number of furan rings is 1. The Morgan fingerprint density at radius 3 is 2.64 bits per heavy atom. The van der Waals surface area contributed by atoms with E-state index in [-0.39, 0.29) is 24.7 Å². The average molecular weight is 455 g/mol. The molecule has 2 aliphatic heterocycles. The molecule has 1 aromatic heterocycles. The molecule has 3 atom stereocenters. The molecule has 0 saturated carbocycles. The van der Waals surface area contributed by atoms with Crippen LogP contribution in [0.5, 0.6) is 0 Å². The largest absolute Gasteiger partial charge is 0.481 e. The van der Waals surface area contributed by atoms with Gasteiger partial charge in [-0.05, 0) is 43.4 Å². The third-order valence-electron chi connectivity index (χ3n) is 6.82. The second-order valence-electron chi connectivity index (χ2n) is 8.81. The van der Waals surface area contributed by atoms with Crippen LogP contribution in [0.2, 0.25) is 0 Å². The Morgan fingerprint density at radius 2 is 1.97 bits per heavy atom. The Bertz CT molecular complexity index is 976. The first-order valence-electron chi connectivity index (χ1n) is 11.4. The number of carbonyl (C=O) groups is 3. The molecule has 33 heavy (non-hydrogen) atoms. The van der Waals surface area contributed by atoms with Gasteiger partial charge in [0.05, 0.1) is 25.2 Å². The van der Waals surface area contributed by atoms with E-state index in [2.05, 4.69) is 0 Å². The Kier molecular flexibility index (Phi) is 6.83. The topological polar surface area (TPSA) is 100 Å². The van der Waals surface area contributed by atoms with Gasteiger partial charge in [0, 0.05) is 20.2 Å². The van der Waals surface area contributed by atoms with E-state index in [1.165, 1.54) is 6.26 Å². The minimum atomic E-state index is -1.23. The summed E-state index contributed by atoms with van der Waals surface area (Å²) >= 11 is 0. The first-order chi connectivity index (χ1) is 16.0. The first-order valence-corrected chi connectivity index (χ1v) is 11.4. The van der Waals surface area contributed by atoms with Crippen LogP contribution in [-0.2, 0) is 25.5 Å². The van der Waals surface area contributed by atoms with E-state index in [1.807, 2.05) is 30.3 Å². The molecule has 0 bridgehead atoms. The molecule has 2 amide bonds. The summed E-state index contributed by atoms with van der Waals surface area (Å²) in [5, 5.41) is 10.1. The van der Waals surface area contributed by atoms with Gasteiger partial charge < -0.3 is 24.1 Å². The van der Waals surface area contributed by atoms with Crippen LogP contribution in [0.4, 0.5) is 0 Å². The first kappa shape index (κ1) is 23.0. The normalized spacial score (nSPS) is 25.4. The molecule has 8 nitrogen and oxygen atoms in total. The van der Waals surface area contributed by atoms with Crippen molar-refractivity contribution in [3.63, 3.8) is 0 Å². The highest BCUT2D eigenvalue weighted by atomic mass is 16.5. The highest BCUT2D eigenvalue weighted by molar-refractivity contribution is 5.95. The van der Waals surface area contributed by atoms with Crippen molar-refractivity contribution in [2.24, 2.45) is 5.92 Å². The standard InChI is InChI=1S/C25H30N2O6/c1-32-15-13-26-12-6-5-11-25(24(26)31)17-19(23(29)30)22(20-10-7-14-33-20)27(25)21(28)16-18-8-3-2-4-9-18/h2-4,7-10,14,19,22H,5-6,11-13,15-17H2,1H3,(H,29,30)/t19-,22+,25-/m0/s1. The maximum Gasteiger partial charge on any atom is 0.309 e. The summed E-state index contributed by atoms with van der Waals surface area (Å²) in [5.41, 5.74) is -0.414. The fourth-order valence-electron chi connectivity index (χ4n) is 5.33. The summed E-state index contributed by atoms with van der Waals surface area (Å²) in [4.78, 5) is 43.5. The van der Waals surface area contributed by atoms with Crippen LogP contribution in [0, 0.1) is 5.92 Å². The Hall–Kier alpha value is -3.13. The molecule has 2 saturated heterocycles. The van der Waals surface area contributed by atoms with Gasteiger partial charge in [0.25, 0.3) is 0 Å². The van der Waals surface area contributed by atoms with E-state index in [0.717, 1.165) is 18.4 Å². The van der Waals surface area contributed by atoms with E-state index in [4.69, 9.17) is 9.15 Å². The number of aliphatic carboxylic acids is 1. The number of hydrogen-bond acceptors (Lipinski definition) is 5. The summed E-state index contributed by atoms with van der Waals surface area (Å²) in [7, 11) is 1.58. The Balaban J connectivity index is 1.79. The van der Waals surface area contributed by atoms with E-state index in [1.54, 1.807) is 29.0 Å². The lowest BCUT2D eigenvalue weighted by Gasteiger charge is -2.41. The lowest BCUT2D eigenvalue weighted by molar-refractivity contribution is -0.154. The van der Waals surface area contributed by atoms with Crippen LogP contribution in [0.1, 0.15) is 43.0 Å². The Labute approximate surface area is 193 Å². The van der Waals surface area contributed by atoms with Crippen molar-refractivity contribution < 1.29 is 28.6 Å². The van der Waals surface area contributed by atoms with E-state index < -0.39 is 23.5 Å². The maximum atomic E-state index is 14.0. The average Bonchev–Trinajstić information content (AvgIpc) is 3.42. The summed E-state index contributed by atoms with van der Waals surface area (Å²) in [6.45, 7) is 1.35. The number of amides is 2. The van der Waals surface area contributed by atoms with E-state index in [9.17, 15) is 19.5 Å². The van der Waals surface area contributed by atoms with Crippen LogP contribution in [0.3, 0.4) is 0 Å². The predicted octanol–water partition coefficient (Wildman–Crippen LogP) is 2.89. The number of ether oxygens (including phenoxy) is 1. The number of methoxy groups -OCH3 is 1. The van der Waals surface area contributed by atoms with Crippen molar-refractivity contribution in [2.75, 3.05) is 26.8 Å². The number of likely N-dealkylation sites (tertiary alicyclic amines) is 2. The summed E-state index contributed by atoms with van der Waals surface area (Å²) in [5.74, 6) is -2.05. The zero-order valence-electron chi connectivity index (χ0n) is 18.8. The smallest absolute Gasteiger partial charge is 0.309 e. The van der Waals surface area contributed by atoms with Crippen LogP contribution in [0.15, 0.2) is 53.1 Å². The summed E-state index contributed by atoms with van der Waals surface area (Å²) < 4.78 is 10.8. The molecule has 176 valence electrons. The van der Waals surface area contributed by atoms with Gasteiger partial charge in [0.1, 0.15) is 17.3 Å². The minimum absolute atomic E-state index is 0.0660. The quantitative estimate of drug-likeness (QED) is 0.691. The molecular formula is C25H30N2O6. The monoisotopic (exact) mass is 454 g/mol. The molecule has 1 N–H and O–H groups in total. The summed E-state index contributed by atoms with van der Waals surface area (Å²) in [6.07, 6.45) is 3.56. The Morgan fingerprint density at radius 1 is 1.18 bits per heavy atom. The lowest BCUT2D eigenvalue weighted by Crippen LogP contribution is -2.58. The molecule has 2 aromatic rings. The zero-order valence-corrected chi connectivity index (χ0v) is 18.8. The molecule has 8 heteroatoms. The molecule has 0 unspecified atom stereocenters. The third kappa shape index (κ3) is 4.39. The van der Waals surface area contributed by atoms with Crippen molar-refractivity contribution in [3.8, 4) is 0 Å². The van der Waals surface area contributed by atoms with Gasteiger partial charge >= 0.3 is 5.97 Å². The highest BCUT2D eigenvalue weighted by Crippen LogP contribution is 2.51. The lowest BCUT2D eigenvalue weighted by atomic mass is 9.85. The van der Waals surface area contributed by atoms with Crippen molar-refractivity contribution in [2.45, 2.75) is 43.7 Å². The molecular weight excluding hydrogens is 424 g/mol. The SMILES string of the molecule is COCCN1CCCC[C@]2(C[C@H](C(=O)O)[C@H](c3ccco3)N2C(=O)Cc2ccccc2)C1=O. The van der Waals surface area contributed by atoms with Crippen LogP contribution in [-0.4, -0.2) is 65.0 Å². The molecule has 2 aliphatic rings. The fourth-order valence-corrected chi connectivity index (χ4v) is 5.33. The molecule has 0 radical (unpaired) electrons. The third-order valence-corrected chi connectivity index (χ3v) is 6.82. The van der Waals surface area contributed by atoms with Gasteiger partial charge in [-0.1, -0.05) is 30.3 Å². The van der Waals surface area contributed by atoms with Crippen LogP contribution >= 0.6 is 0 Å². The molecule has 3 heterocycles. The number of carboxylic acids is 1. The molecule has 0 aliphatic carbocycles. The molecule has 1 aromatic carbocycles. The van der Waals surface area contributed by atoms with Gasteiger partial charge in [-0.2, -0.15) is 0 Å². The molecule has 4 rings (SSSR count). The van der Waals surface area contributed by atoms with Crippen LogP contribution in [0.25, 0.3) is 0 Å². The molecule has 1 spiro atoms. The number of nitrogens with zero attached hydrogens (tertiary/aromatic N) is 2. The summed E-state index contributed by atoms with van der Waals surface area (Å²) in [6, 6.07) is 11.8. The number of rotatable bonds is 7. The maximum absolute atomic E-state index is 14.0. The second kappa shape index (κ2) is 9.79. The van der Waals surface area contributed by atoms with Crippen molar-refractivity contribution in [1.82, 2.24) is 9.80 Å². The van der Waals surface area contributed by atoms with Crippen molar-refractivity contribution in [3.05, 3.63) is 60.1 Å².